The second-order valence-corrected chi connectivity index (χ2v) is 18.6. The first-order valence-electron chi connectivity index (χ1n) is 19.4. The Bertz CT molecular complexity index is 1400. The van der Waals surface area contributed by atoms with Crippen molar-refractivity contribution in [1.82, 2.24) is 25.1 Å². The molecule has 2 heterocycles. The van der Waals surface area contributed by atoms with Crippen molar-refractivity contribution in [2.24, 2.45) is 56.7 Å². The van der Waals surface area contributed by atoms with Crippen LogP contribution in [0.15, 0.2) is 11.6 Å². The Balaban J connectivity index is 1.34. The van der Waals surface area contributed by atoms with Crippen molar-refractivity contribution in [1.29, 1.82) is 0 Å². The lowest BCUT2D eigenvalue weighted by Crippen LogP contribution is -2.69. The van der Waals surface area contributed by atoms with Crippen molar-refractivity contribution in [3.8, 4) is 0 Å². The van der Waals surface area contributed by atoms with E-state index in [0.29, 0.717) is 43.5 Å². The minimum atomic E-state index is -0.619. The minimum Gasteiger partial charge on any atom is -0.481 e. The molecule has 0 amide bonds. The van der Waals surface area contributed by atoms with Crippen LogP contribution in [0.2, 0.25) is 0 Å². The maximum atomic E-state index is 13.4. The number of hydrogen-bond donors (Lipinski definition) is 2. The number of allylic oxidation sites excluding steroid dienone is 1. The van der Waals surface area contributed by atoms with Crippen LogP contribution in [0.1, 0.15) is 119 Å². The fourth-order valence-corrected chi connectivity index (χ4v) is 12.6. The summed E-state index contributed by atoms with van der Waals surface area (Å²) in [6, 6.07) is -0.113. The molecule has 4 aliphatic carbocycles. The van der Waals surface area contributed by atoms with E-state index in [0.717, 1.165) is 57.9 Å². The number of aliphatic carboxylic acids is 1. The third kappa shape index (κ3) is 5.69. The summed E-state index contributed by atoms with van der Waals surface area (Å²) >= 11 is 0. The number of ether oxygens (including phenoxy) is 2. The largest absolute Gasteiger partial charge is 0.481 e. The number of nitrogens with zero attached hydrogens (tertiary/aromatic N) is 5. The van der Waals surface area contributed by atoms with Gasteiger partial charge in [-0.15, -0.1) is 5.10 Å². The van der Waals surface area contributed by atoms with Gasteiger partial charge in [0.25, 0.3) is 5.95 Å². The summed E-state index contributed by atoms with van der Waals surface area (Å²) in [5.41, 5.74) is 6.43. The van der Waals surface area contributed by atoms with Gasteiger partial charge < -0.3 is 25.2 Å². The van der Waals surface area contributed by atoms with Crippen LogP contribution in [0.5, 0.6) is 0 Å². The molecular weight excluding hydrogens is 616 g/mol. The Kier molecular flexibility index (Phi) is 9.88. The fraction of sp³-hybridized carbons (Fsp3) is 0.897. The molecule has 0 spiro atoms. The summed E-state index contributed by atoms with van der Waals surface area (Å²) in [4.78, 5) is 17.4. The van der Waals surface area contributed by atoms with E-state index in [1.165, 1.54) is 18.4 Å². The monoisotopic (exact) mass is 683 g/mol. The number of carbonyl (C=O) groups is 1. The highest BCUT2D eigenvalue weighted by Crippen LogP contribution is 2.75. The summed E-state index contributed by atoms with van der Waals surface area (Å²) in [6.07, 6.45) is 12.7. The molecule has 49 heavy (non-hydrogen) atoms. The Morgan fingerprint density at radius 2 is 1.82 bits per heavy atom. The van der Waals surface area contributed by atoms with Gasteiger partial charge in [-0.2, -0.15) is 4.80 Å². The number of aromatic nitrogens is 4. The Labute approximate surface area is 295 Å². The Morgan fingerprint density at radius 3 is 2.47 bits per heavy atom. The number of rotatable bonds is 12. The van der Waals surface area contributed by atoms with E-state index >= 15 is 0 Å². The SMILES string of the molecule is CC(C)[C@@H](C)[C@@]1(C)CC[C@]2(C)[C@H]3CC[C@@H]4[C@@]5(COC[C@]4(C)[C@@H](OCCCCCCN(C)C)[C@H](n4nnc(N)n4)C5)C3=CC[C@@]2(C)[C@@H]1C(=O)O. The van der Waals surface area contributed by atoms with Crippen molar-refractivity contribution in [3.05, 3.63) is 11.6 Å². The molecule has 6 rings (SSSR count). The first-order valence-corrected chi connectivity index (χ1v) is 19.4. The highest BCUT2D eigenvalue weighted by Gasteiger charge is 2.72. The molecule has 3 saturated carbocycles. The third-order valence-corrected chi connectivity index (χ3v) is 15.6. The fourth-order valence-electron chi connectivity index (χ4n) is 12.6. The molecule has 10 nitrogen and oxygen atoms in total. The average Bonchev–Trinajstić information content (AvgIpc) is 3.46. The number of carboxylic acid groups (broad SMARTS) is 1. The molecule has 3 N–H and O–H groups in total. The van der Waals surface area contributed by atoms with Crippen LogP contribution in [-0.2, 0) is 14.3 Å². The van der Waals surface area contributed by atoms with Gasteiger partial charge in [0, 0.05) is 17.4 Å². The van der Waals surface area contributed by atoms with Gasteiger partial charge in [-0.1, -0.05) is 78.1 Å². The summed E-state index contributed by atoms with van der Waals surface area (Å²) in [5.74, 6) is 0.620. The second kappa shape index (κ2) is 13.2. The summed E-state index contributed by atoms with van der Waals surface area (Å²) in [7, 11) is 4.26. The first-order chi connectivity index (χ1) is 23.0. The molecule has 11 atom stereocenters. The van der Waals surface area contributed by atoms with Crippen LogP contribution in [0.3, 0.4) is 0 Å². The maximum absolute atomic E-state index is 13.4. The zero-order valence-electron chi connectivity index (χ0n) is 32.0. The van der Waals surface area contributed by atoms with Crippen LogP contribution >= 0.6 is 0 Å². The summed E-state index contributed by atoms with van der Waals surface area (Å²) < 4.78 is 13.6. The zero-order valence-corrected chi connectivity index (χ0v) is 32.0. The number of unbranched alkanes of at least 4 members (excludes halogenated alkanes) is 3. The normalized spacial score (nSPS) is 42.3. The average molecular weight is 683 g/mol. The molecule has 1 saturated heterocycles. The first kappa shape index (κ1) is 36.7. The van der Waals surface area contributed by atoms with Crippen LogP contribution in [0, 0.1) is 56.7 Å². The number of carboxylic acids is 1. The standard InChI is InChI=1S/C39H66N6O4/c1-25(2)26(3)35(4)18-19-37(6)27-14-15-30-36(5)23-48-24-39(30,28(27)16-17-38(37,7)31(35)33(46)47)22-29(45-42-34(40)41-43-45)32(36)49-21-13-11-10-12-20-44(8)9/h16,25-27,29-32H,10-15,17-24H2,1-9H3,(H2,40,42)(H,46,47)/t26-,27+,29-,30+,31-,32+,35-,36+,37-,38+,39+/m1/s1. The molecule has 0 radical (unpaired) electrons. The van der Waals surface area contributed by atoms with E-state index in [4.69, 9.17) is 15.2 Å². The summed E-state index contributed by atoms with van der Waals surface area (Å²) in [5, 5.41) is 24.2. The number of hydrogen-bond acceptors (Lipinski definition) is 8. The van der Waals surface area contributed by atoms with Crippen molar-refractivity contribution in [2.45, 2.75) is 125 Å². The van der Waals surface area contributed by atoms with E-state index in [1.54, 1.807) is 4.80 Å². The molecule has 1 aliphatic heterocycles. The van der Waals surface area contributed by atoms with Crippen molar-refractivity contribution < 1.29 is 19.4 Å². The maximum Gasteiger partial charge on any atom is 0.307 e. The molecule has 4 fully saturated rings. The Hall–Kier alpha value is -2.04. The third-order valence-electron chi connectivity index (χ3n) is 15.6. The smallest absolute Gasteiger partial charge is 0.307 e. The Morgan fingerprint density at radius 1 is 1.08 bits per heavy atom. The van der Waals surface area contributed by atoms with E-state index in [2.05, 4.69) is 88.9 Å². The molecule has 1 aromatic rings. The molecular formula is C39H66N6O4. The molecule has 276 valence electrons. The van der Waals surface area contributed by atoms with Crippen molar-refractivity contribution >= 4 is 11.9 Å². The molecule has 5 aliphatic rings. The van der Waals surface area contributed by atoms with Crippen LogP contribution in [0.25, 0.3) is 0 Å². The lowest BCUT2D eigenvalue weighted by Gasteiger charge is -2.71. The van der Waals surface area contributed by atoms with Gasteiger partial charge >= 0.3 is 5.97 Å². The minimum absolute atomic E-state index is 0.113. The lowest BCUT2D eigenvalue weighted by atomic mass is 9.34. The number of nitrogen functional groups attached to an aromatic ring is 1. The lowest BCUT2D eigenvalue weighted by molar-refractivity contribution is -0.251. The number of anilines is 1. The number of fused-ring (bicyclic) bond motifs is 3. The van der Waals surface area contributed by atoms with E-state index in [9.17, 15) is 9.90 Å². The van der Waals surface area contributed by atoms with Crippen LogP contribution in [0.4, 0.5) is 5.95 Å². The second-order valence-electron chi connectivity index (χ2n) is 18.6. The molecule has 2 bridgehead atoms. The van der Waals surface area contributed by atoms with Crippen molar-refractivity contribution in [2.75, 3.05) is 46.2 Å². The predicted molar refractivity (Wildman–Crippen MR) is 192 cm³/mol. The molecule has 10 heteroatoms. The topological polar surface area (TPSA) is 129 Å². The van der Waals surface area contributed by atoms with Gasteiger partial charge in [0.2, 0.25) is 0 Å². The van der Waals surface area contributed by atoms with Gasteiger partial charge in [-0.25, -0.2) is 0 Å². The van der Waals surface area contributed by atoms with E-state index < -0.39 is 11.9 Å². The van der Waals surface area contributed by atoms with Gasteiger partial charge in [0.1, 0.15) is 6.04 Å². The van der Waals surface area contributed by atoms with E-state index in [-0.39, 0.29) is 45.2 Å². The van der Waals surface area contributed by atoms with Crippen molar-refractivity contribution in [3.63, 3.8) is 0 Å². The van der Waals surface area contributed by atoms with Crippen LogP contribution < -0.4 is 5.73 Å². The summed E-state index contributed by atoms with van der Waals surface area (Å²) in [6.45, 7) is 19.4. The molecule has 1 aromatic heterocycles. The molecule has 0 aromatic carbocycles. The van der Waals surface area contributed by atoms with Crippen LogP contribution in [-0.4, -0.2) is 82.7 Å². The molecule has 0 unspecified atom stereocenters. The number of nitrogens with two attached hydrogens (primary N) is 1. The van der Waals surface area contributed by atoms with E-state index in [1.807, 2.05) is 0 Å². The highest BCUT2D eigenvalue weighted by atomic mass is 16.5. The predicted octanol–water partition coefficient (Wildman–Crippen LogP) is 6.89. The van der Waals surface area contributed by atoms with Gasteiger partial charge in [0.05, 0.1) is 25.2 Å². The highest BCUT2D eigenvalue weighted by molar-refractivity contribution is 5.73. The number of tetrazole rings is 1. The quantitative estimate of drug-likeness (QED) is 0.179. The van der Waals surface area contributed by atoms with Gasteiger partial charge in [-0.05, 0) is 117 Å². The zero-order chi connectivity index (χ0) is 35.6. The van der Waals surface area contributed by atoms with Gasteiger partial charge in [-0.3, -0.25) is 4.79 Å². The van der Waals surface area contributed by atoms with Gasteiger partial charge in [0.15, 0.2) is 0 Å².